The summed E-state index contributed by atoms with van der Waals surface area (Å²) in [6.07, 6.45) is 3.08. The summed E-state index contributed by atoms with van der Waals surface area (Å²) in [6, 6.07) is 9.72. The molecule has 83 valence electrons. The highest BCUT2D eigenvalue weighted by atomic mass is 16.5. The zero-order valence-electron chi connectivity index (χ0n) is 9.65. The van der Waals surface area contributed by atoms with E-state index in [1.54, 1.807) is 14.2 Å². The van der Waals surface area contributed by atoms with Crippen molar-refractivity contribution in [2.24, 2.45) is 7.05 Å². The first-order chi connectivity index (χ1) is 7.77. The van der Waals surface area contributed by atoms with Crippen molar-refractivity contribution < 1.29 is 9.47 Å². The lowest BCUT2D eigenvalue weighted by Crippen LogP contribution is -1.96. The van der Waals surface area contributed by atoms with Gasteiger partial charge in [0, 0.05) is 12.6 Å². The Kier molecular flexibility index (Phi) is 2.86. The predicted octanol–water partition coefficient (Wildman–Crippen LogP) is 2.51. The standard InChI is InChI=1S/C13H14NO2/c1-14-9-5-7-11(14)10-6-4-8-12(15-2)13(10)16-3/h4-8H,1-3H3. The van der Waals surface area contributed by atoms with Crippen LogP contribution in [0, 0.1) is 6.20 Å². The molecule has 0 saturated heterocycles. The summed E-state index contributed by atoms with van der Waals surface area (Å²) in [7, 11) is 5.24. The zero-order chi connectivity index (χ0) is 11.5. The van der Waals surface area contributed by atoms with Gasteiger partial charge in [0.25, 0.3) is 0 Å². The Balaban J connectivity index is 2.61. The van der Waals surface area contributed by atoms with Crippen molar-refractivity contribution in [1.82, 2.24) is 4.57 Å². The van der Waals surface area contributed by atoms with E-state index in [2.05, 4.69) is 6.20 Å². The van der Waals surface area contributed by atoms with Crippen LogP contribution in [0.15, 0.2) is 30.3 Å². The molecule has 0 amide bonds. The van der Waals surface area contributed by atoms with Crippen molar-refractivity contribution in [2.45, 2.75) is 0 Å². The fraction of sp³-hybridized carbons (Fsp3) is 0.231. The Morgan fingerprint density at radius 3 is 2.50 bits per heavy atom. The summed E-state index contributed by atoms with van der Waals surface area (Å²) in [5.41, 5.74) is 2.06. The van der Waals surface area contributed by atoms with Gasteiger partial charge in [-0.1, -0.05) is 6.07 Å². The summed E-state index contributed by atoms with van der Waals surface area (Å²) in [5, 5.41) is 0. The molecule has 0 atom stereocenters. The molecule has 0 aliphatic carbocycles. The van der Waals surface area contributed by atoms with E-state index in [-0.39, 0.29) is 0 Å². The highest BCUT2D eigenvalue weighted by Crippen LogP contribution is 2.37. The Bertz CT molecular complexity index is 488. The molecule has 0 unspecified atom stereocenters. The number of benzene rings is 1. The van der Waals surface area contributed by atoms with Crippen LogP contribution in [0.25, 0.3) is 11.3 Å². The number of nitrogens with zero attached hydrogens (tertiary/aromatic N) is 1. The van der Waals surface area contributed by atoms with Gasteiger partial charge in [-0.05, 0) is 24.3 Å². The third-order valence-electron chi connectivity index (χ3n) is 2.55. The van der Waals surface area contributed by atoms with Gasteiger partial charge in [0.15, 0.2) is 11.5 Å². The third-order valence-corrected chi connectivity index (χ3v) is 2.55. The molecule has 0 spiro atoms. The number of hydrogen-bond donors (Lipinski definition) is 0. The number of rotatable bonds is 3. The van der Waals surface area contributed by atoms with Gasteiger partial charge in [-0.15, -0.1) is 0 Å². The molecule has 0 aliphatic heterocycles. The van der Waals surface area contributed by atoms with Gasteiger partial charge < -0.3 is 14.0 Å². The smallest absolute Gasteiger partial charge is 0.170 e. The number of para-hydroxylation sites is 1. The number of aromatic nitrogens is 1. The van der Waals surface area contributed by atoms with Crippen LogP contribution in [-0.4, -0.2) is 18.8 Å². The van der Waals surface area contributed by atoms with E-state index in [0.29, 0.717) is 0 Å². The molecule has 3 nitrogen and oxygen atoms in total. The monoisotopic (exact) mass is 216 g/mol. The number of ether oxygens (including phenoxy) is 2. The van der Waals surface area contributed by atoms with E-state index in [0.717, 1.165) is 22.8 Å². The van der Waals surface area contributed by atoms with Crippen LogP contribution in [0.2, 0.25) is 0 Å². The topological polar surface area (TPSA) is 23.4 Å². The summed E-state index contributed by atoms with van der Waals surface area (Å²) >= 11 is 0. The summed E-state index contributed by atoms with van der Waals surface area (Å²) < 4.78 is 12.6. The lowest BCUT2D eigenvalue weighted by Gasteiger charge is -2.12. The van der Waals surface area contributed by atoms with Crippen LogP contribution < -0.4 is 9.47 Å². The quantitative estimate of drug-likeness (QED) is 0.787. The molecule has 2 rings (SSSR count). The molecule has 0 saturated carbocycles. The lowest BCUT2D eigenvalue weighted by molar-refractivity contribution is 0.356. The Hall–Kier alpha value is -1.90. The average molecular weight is 216 g/mol. The van der Waals surface area contributed by atoms with Crippen LogP contribution in [0.5, 0.6) is 11.5 Å². The highest BCUT2D eigenvalue weighted by Gasteiger charge is 2.12. The maximum absolute atomic E-state index is 5.39. The van der Waals surface area contributed by atoms with Crippen molar-refractivity contribution in [1.29, 1.82) is 0 Å². The van der Waals surface area contributed by atoms with Crippen LogP contribution in [0.4, 0.5) is 0 Å². The van der Waals surface area contributed by atoms with E-state index in [1.807, 2.05) is 41.9 Å². The molecule has 0 aliphatic rings. The van der Waals surface area contributed by atoms with E-state index >= 15 is 0 Å². The fourth-order valence-electron chi connectivity index (χ4n) is 1.77. The first-order valence-electron chi connectivity index (χ1n) is 5.02. The molecule has 16 heavy (non-hydrogen) atoms. The molecule has 1 aromatic carbocycles. The third kappa shape index (κ3) is 1.65. The second-order valence-corrected chi connectivity index (χ2v) is 3.45. The zero-order valence-corrected chi connectivity index (χ0v) is 9.65. The fourth-order valence-corrected chi connectivity index (χ4v) is 1.77. The van der Waals surface area contributed by atoms with E-state index in [4.69, 9.17) is 9.47 Å². The Morgan fingerprint density at radius 1 is 1.12 bits per heavy atom. The van der Waals surface area contributed by atoms with Crippen LogP contribution >= 0.6 is 0 Å². The predicted molar refractivity (Wildman–Crippen MR) is 62.8 cm³/mol. The minimum absolute atomic E-state index is 0.737. The SMILES string of the molecule is COc1cccc(-c2cc[c]n2C)c1OC. The van der Waals surface area contributed by atoms with Gasteiger partial charge in [0.05, 0.1) is 26.1 Å². The Morgan fingerprint density at radius 2 is 1.94 bits per heavy atom. The second-order valence-electron chi connectivity index (χ2n) is 3.45. The number of methoxy groups -OCH3 is 2. The van der Waals surface area contributed by atoms with Crippen molar-refractivity contribution in [3.8, 4) is 22.8 Å². The maximum Gasteiger partial charge on any atom is 0.170 e. The normalized spacial score (nSPS) is 10.2. The van der Waals surface area contributed by atoms with E-state index < -0.39 is 0 Å². The highest BCUT2D eigenvalue weighted by molar-refractivity contribution is 5.71. The minimum atomic E-state index is 0.737. The van der Waals surface area contributed by atoms with Gasteiger partial charge in [-0.3, -0.25) is 0 Å². The maximum atomic E-state index is 5.39. The molecule has 0 N–H and O–H groups in total. The Labute approximate surface area is 95.2 Å². The van der Waals surface area contributed by atoms with E-state index in [9.17, 15) is 0 Å². The molecule has 3 heteroatoms. The molecule has 1 heterocycles. The van der Waals surface area contributed by atoms with Gasteiger partial charge in [0.1, 0.15) is 0 Å². The van der Waals surface area contributed by atoms with Crippen LogP contribution in [-0.2, 0) is 7.05 Å². The molecule has 1 aromatic heterocycles. The average Bonchev–Trinajstić information content (AvgIpc) is 2.74. The molecule has 0 bridgehead atoms. The molecule has 1 radical (unpaired) electrons. The second kappa shape index (κ2) is 4.31. The number of hydrogen-bond acceptors (Lipinski definition) is 2. The first-order valence-corrected chi connectivity index (χ1v) is 5.02. The van der Waals surface area contributed by atoms with Gasteiger partial charge in [-0.2, -0.15) is 0 Å². The van der Waals surface area contributed by atoms with Gasteiger partial charge in [0.2, 0.25) is 0 Å². The summed E-state index contributed by atoms with van der Waals surface area (Å²) in [6.45, 7) is 0. The first kappa shape index (κ1) is 10.6. The van der Waals surface area contributed by atoms with Crippen molar-refractivity contribution in [3.05, 3.63) is 36.5 Å². The van der Waals surface area contributed by atoms with Crippen LogP contribution in [0.1, 0.15) is 0 Å². The minimum Gasteiger partial charge on any atom is -0.493 e. The molecular formula is C13H14NO2. The van der Waals surface area contributed by atoms with Gasteiger partial charge >= 0.3 is 0 Å². The lowest BCUT2D eigenvalue weighted by atomic mass is 10.1. The summed E-state index contributed by atoms with van der Waals surface area (Å²) in [5.74, 6) is 1.49. The molecule has 0 fully saturated rings. The van der Waals surface area contributed by atoms with Gasteiger partial charge in [-0.25, -0.2) is 0 Å². The molecule has 2 aromatic rings. The largest absolute Gasteiger partial charge is 0.493 e. The van der Waals surface area contributed by atoms with Crippen LogP contribution in [0.3, 0.4) is 0 Å². The van der Waals surface area contributed by atoms with Crippen molar-refractivity contribution >= 4 is 0 Å². The molecular weight excluding hydrogens is 202 g/mol. The van der Waals surface area contributed by atoms with E-state index in [1.165, 1.54) is 0 Å². The number of aryl methyl sites for hydroxylation is 1. The van der Waals surface area contributed by atoms with Crippen molar-refractivity contribution in [3.63, 3.8) is 0 Å². The summed E-state index contributed by atoms with van der Waals surface area (Å²) in [4.78, 5) is 0. The van der Waals surface area contributed by atoms with Crippen molar-refractivity contribution in [2.75, 3.05) is 14.2 Å².